The van der Waals surface area contributed by atoms with Gasteiger partial charge in [-0.3, -0.25) is 0 Å². The summed E-state index contributed by atoms with van der Waals surface area (Å²) >= 11 is 5.04. The fourth-order valence-electron chi connectivity index (χ4n) is 2.93. The quantitative estimate of drug-likeness (QED) is 0.228. The third-order valence-corrected chi connectivity index (χ3v) is 5.84. The summed E-state index contributed by atoms with van der Waals surface area (Å²) in [5, 5.41) is 0.669. The van der Waals surface area contributed by atoms with Gasteiger partial charge in [0.1, 0.15) is 5.82 Å². The monoisotopic (exact) mass is 464 g/mol. The van der Waals surface area contributed by atoms with E-state index in [2.05, 4.69) is 47.1 Å². The lowest BCUT2D eigenvalue weighted by Gasteiger charge is -2.09. The molecule has 0 unspecified atom stereocenters. The van der Waals surface area contributed by atoms with Gasteiger partial charge in [0.2, 0.25) is 0 Å². The molecule has 4 rings (SSSR count). The minimum atomic E-state index is -0.229. The third-order valence-electron chi connectivity index (χ3n) is 4.43. The molecule has 29 heavy (non-hydrogen) atoms. The molecule has 0 saturated heterocycles. The summed E-state index contributed by atoms with van der Waals surface area (Å²) in [6.45, 7) is 2.07. The van der Waals surface area contributed by atoms with E-state index in [1.807, 2.05) is 36.4 Å². The maximum absolute atomic E-state index is 13.5. The lowest BCUT2D eigenvalue weighted by atomic mass is 10.1. The van der Waals surface area contributed by atoms with Crippen molar-refractivity contribution in [1.29, 1.82) is 0 Å². The van der Waals surface area contributed by atoms with Gasteiger partial charge in [-0.15, -0.1) is 0 Å². The number of benzene rings is 3. The van der Waals surface area contributed by atoms with Crippen LogP contribution in [-0.4, -0.2) is 9.97 Å². The molecule has 0 radical (unpaired) electrons. The van der Waals surface area contributed by atoms with E-state index in [9.17, 15) is 4.39 Å². The summed E-state index contributed by atoms with van der Waals surface area (Å²) in [5.41, 5.74) is 5.90. The van der Waals surface area contributed by atoms with Crippen molar-refractivity contribution in [2.24, 2.45) is 0 Å². The molecule has 0 fully saturated rings. The highest BCUT2D eigenvalue weighted by molar-refractivity contribution is 9.10. The second-order valence-electron chi connectivity index (χ2n) is 6.72. The van der Waals surface area contributed by atoms with Crippen molar-refractivity contribution in [3.05, 3.63) is 100 Å². The smallest absolute Gasteiger partial charge is 0.189 e. The molecule has 0 spiro atoms. The molecule has 2 nitrogen and oxygen atoms in total. The number of hydrogen-bond donors (Lipinski definition) is 0. The van der Waals surface area contributed by atoms with Gasteiger partial charge in [-0.2, -0.15) is 0 Å². The van der Waals surface area contributed by atoms with Crippen LogP contribution in [0.25, 0.3) is 22.5 Å². The predicted molar refractivity (Wildman–Crippen MR) is 121 cm³/mol. The minimum absolute atomic E-state index is 0.229. The number of nitrogens with zero attached hydrogens (tertiary/aromatic N) is 2. The summed E-state index contributed by atoms with van der Waals surface area (Å²) in [4.78, 5) is 9.53. The molecule has 0 amide bonds. The van der Waals surface area contributed by atoms with Crippen LogP contribution in [0, 0.1) is 12.7 Å². The van der Waals surface area contributed by atoms with Crippen LogP contribution in [0.2, 0.25) is 0 Å². The molecular weight excluding hydrogens is 447 g/mol. The lowest BCUT2D eigenvalue weighted by Crippen LogP contribution is -1.95. The first-order valence-electron chi connectivity index (χ1n) is 9.16. The van der Waals surface area contributed by atoms with Gasteiger partial charge >= 0.3 is 0 Å². The van der Waals surface area contributed by atoms with E-state index in [0.29, 0.717) is 10.9 Å². The molecule has 1 heterocycles. The van der Waals surface area contributed by atoms with Crippen molar-refractivity contribution in [2.45, 2.75) is 17.8 Å². The number of thioether (sulfide) groups is 1. The lowest BCUT2D eigenvalue weighted by molar-refractivity contribution is 0.626. The zero-order valence-corrected chi connectivity index (χ0v) is 18.2. The molecule has 5 heteroatoms. The van der Waals surface area contributed by atoms with Crippen molar-refractivity contribution in [3.8, 4) is 22.5 Å². The van der Waals surface area contributed by atoms with Crippen molar-refractivity contribution in [3.63, 3.8) is 0 Å². The van der Waals surface area contributed by atoms with Crippen LogP contribution in [0.15, 0.2) is 88.5 Å². The summed E-state index contributed by atoms with van der Waals surface area (Å²) in [7, 11) is 0. The largest absolute Gasteiger partial charge is 0.222 e. The molecule has 4 aromatic rings. The molecule has 0 atom stereocenters. The Morgan fingerprint density at radius 2 is 1.55 bits per heavy atom. The van der Waals surface area contributed by atoms with Crippen molar-refractivity contribution >= 4 is 27.7 Å². The van der Waals surface area contributed by atoms with Crippen molar-refractivity contribution in [2.75, 3.05) is 0 Å². The topological polar surface area (TPSA) is 25.8 Å². The van der Waals surface area contributed by atoms with Crippen molar-refractivity contribution < 1.29 is 4.39 Å². The standard InChI is InChI=1S/C24H18BrFN2S/c1-16-8-10-18(11-9-16)22-14-23(19-5-3-6-20(25)13-19)28-24(27-22)29-15-17-4-2-7-21(26)12-17/h2-14H,15H2,1H3. The maximum Gasteiger partial charge on any atom is 0.189 e. The fourth-order valence-corrected chi connectivity index (χ4v) is 4.13. The Hall–Kier alpha value is -2.50. The Morgan fingerprint density at radius 3 is 2.28 bits per heavy atom. The van der Waals surface area contributed by atoms with Crippen LogP contribution in [0.5, 0.6) is 0 Å². The summed E-state index contributed by atoms with van der Waals surface area (Å²) in [6.07, 6.45) is 0. The molecule has 0 N–H and O–H groups in total. The van der Waals surface area contributed by atoms with Crippen LogP contribution >= 0.6 is 27.7 Å². The average molecular weight is 465 g/mol. The van der Waals surface area contributed by atoms with E-state index in [1.54, 1.807) is 12.1 Å². The number of halogens is 2. The Balaban J connectivity index is 1.72. The van der Waals surface area contributed by atoms with Gasteiger partial charge in [0.15, 0.2) is 5.16 Å². The molecule has 0 bridgehead atoms. The molecule has 1 aromatic heterocycles. The van der Waals surface area contributed by atoms with Gasteiger partial charge in [0.25, 0.3) is 0 Å². The van der Waals surface area contributed by atoms with Crippen LogP contribution < -0.4 is 0 Å². The highest BCUT2D eigenvalue weighted by Gasteiger charge is 2.10. The normalized spacial score (nSPS) is 10.9. The minimum Gasteiger partial charge on any atom is -0.222 e. The van der Waals surface area contributed by atoms with E-state index in [0.717, 1.165) is 32.6 Å². The molecule has 0 saturated carbocycles. The number of hydrogen-bond acceptors (Lipinski definition) is 3. The zero-order valence-electron chi connectivity index (χ0n) is 15.8. The van der Waals surface area contributed by atoms with E-state index < -0.39 is 0 Å². The highest BCUT2D eigenvalue weighted by Crippen LogP contribution is 2.29. The molecule has 0 aliphatic rings. The van der Waals surface area contributed by atoms with Crippen LogP contribution in [0.1, 0.15) is 11.1 Å². The first kappa shape index (κ1) is 19.8. The van der Waals surface area contributed by atoms with E-state index in [-0.39, 0.29) is 5.82 Å². The van der Waals surface area contributed by atoms with Crippen LogP contribution in [0.3, 0.4) is 0 Å². The molecule has 144 valence electrons. The Kier molecular flexibility index (Phi) is 6.07. The molecule has 0 aliphatic carbocycles. The fraction of sp³-hybridized carbons (Fsp3) is 0.0833. The maximum atomic E-state index is 13.5. The van der Waals surface area contributed by atoms with Gasteiger partial charge in [-0.1, -0.05) is 81.8 Å². The second kappa shape index (κ2) is 8.89. The summed E-state index contributed by atoms with van der Waals surface area (Å²) in [5.74, 6) is 0.375. The number of aryl methyl sites for hydroxylation is 1. The second-order valence-corrected chi connectivity index (χ2v) is 8.57. The number of aromatic nitrogens is 2. The summed E-state index contributed by atoms with van der Waals surface area (Å²) < 4.78 is 14.5. The molecule has 3 aromatic carbocycles. The molecule has 0 aliphatic heterocycles. The first-order chi connectivity index (χ1) is 14.1. The highest BCUT2D eigenvalue weighted by atomic mass is 79.9. The van der Waals surface area contributed by atoms with Gasteiger partial charge in [-0.05, 0) is 42.8 Å². The Morgan fingerprint density at radius 1 is 0.828 bits per heavy atom. The van der Waals surface area contributed by atoms with Crippen molar-refractivity contribution in [1.82, 2.24) is 9.97 Å². The van der Waals surface area contributed by atoms with E-state index in [1.165, 1.54) is 23.4 Å². The van der Waals surface area contributed by atoms with Gasteiger partial charge < -0.3 is 0 Å². The van der Waals surface area contributed by atoms with Gasteiger partial charge in [0.05, 0.1) is 11.4 Å². The predicted octanol–water partition coefficient (Wildman–Crippen LogP) is 7.31. The third kappa shape index (κ3) is 5.11. The van der Waals surface area contributed by atoms with Gasteiger partial charge in [0, 0.05) is 21.4 Å². The summed E-state index contributed by atoms with van der Waals surface area (Å²) in [6, 6.07) is 25.0. The van der Waals surface area contributed by atoms with E-state index >= 15 is 0 Å². The molecular formula is C24H18BrFN2S. The zero-order chi connectivity index (χ0) is 20.2. The average Bonchev–Trinajstić information content (AvgIpc) is 2.73. The van der Waals surface area contributed by atoms with E-state index in [4.69, 9.17) is 9.97 Å². The van der Waals surface area contributed by atoms with Gasteiger partial charge in [-0.25, -0.2) is 14.4 Å². The number of rotatable bonds is 5. The van der Waals surface area contributed by atoms with Crippen LogP contribution in [0.4, 0.5) is 4.39 Å². The SMILES string of the molecule is Cc1ccc(-c2cc(-c3cccc(Br)c3)nc(SCc3cccc(F)c3)n2)cc1. The first-order valence-corrected chi connectivity index (χ1v) is 10.9. The van der Waals surface area contributed by atoms with Crippen LogP contribution in [-0.2, 0) is 5.75 Å². The Labute approximate surface area is 182 Å². The Bertz CT molecular complexity index is 1150.